The Morgan fingerprint density at radius 3 is 2.76 bits per heavy atom. The van der Waals surface area contributed by atoms with E-state index >= 15 is 0 Å². The maximum Gasteiger partial charge on any atom is 0.239 e. The smallest absolute Gasteiger partial charge is 0.239 e. The standard InChI is InChI=1S/C18H23Cl2N3O2/c1-11(21)12-3-2-7-22(10-12)17(24)14-6-8-23(18(14)25)16-9-13(19)4-5-15(16)20/h4-5,9,11-12,14H,2-3,6-8,10,21H2,1H3/t11-,12-,14-/m0/s1. The molecule has 3 rings (SSSR count). The monoisotopic (exact) mass is 383 g/mol. The Morgan fingerprint density at radius 1 is 1.28 bits per heavy atom. The molecular formula is C18H23Cl2N3O2. The molecule has 2 saturated heterocycles. The molecule has 1 aromatic carbocycles. The molecule has 25 heavy (non-hydrogen) atoms. The average Bonchev–Trinajstić information content (AvgIpc) is 2.98. The summed E-state index contributed by atoms with van der Waals surface area (Å²) in [7, 11) is 0. The lowest BCUT2D eigenvalue weighted by molar-refractivity contribution is -0.141. The summed E-state index contributed by atoms with van der Waals surface area (Å²) in [6.07, 6.45) is 2.47. The van der Waals surface area contributed by atoms with Gasteiger partial charge in [-0.15, -0.1) is 0 Å². The Hall–Kier alpha value is -1.30. The Labute approximate surface area is 158 Å². The Bertz CT molecular complexity index is 680. The molecule has 5 nitrogen and oxygen atoms in total. The maximum absolute atomic E-state index is 12.9. The van der Waals surface area contributed by atoms with Crippen molar-refractivity contribution in [2.24, 2.45) is 17.6 Å². The van der Waals surface area contributed by atoms with Gasteiger partial charge in [-0.1, -0.05) is 23.2 Å². The van der Waals surface area contributed by atoms with E-state index in [1.165, 1.54) is 0 Å². The summed E-state index contributed by atoms with van der Waals surface area (Å²) >= 11 is 12.2. The van der Waals surface area contributed by atoms with Crippen molar-refractivity contribution in [1.29, 1.82) is 0 Å². The van der Waals surface area contributed by atoms with E-state index in [4.69, 9.17) is 28.9 Å². The van der Waals surface area contributed by atoms with Gasteiger partial charge in [0, 0.05) is 30.7 Å². The van der Waals surface area contributed by atoms with Gasteiger partial charge in [0.2, 0.25) is 11.8 Å². The molecule has 0 radical (unpaired) electrons. The first-order chi connectivity index (χ1) is 11.9. The minimum absolute atomic E-state index is 0.0524. The zero-order chi connectivity index (χ0) is 18.1. The maximum atomic E-state index is 12.9. The molecule has 0 bridgehead atoms. The third-order valence-corrected chi connectivity index (χ3v) is 5.77. The van der Waals surface area contributed by atoms with Gasteiger partial charge in [-0.2, -0.15) is 0 Å². The Kier molecular flexibility index (Phi) is 5.56. The third-order valence-electron chi connectivity index (χ3n) is 5.22. The zero-order valence-electron chi connectivity index (χ0n) is 14.3. The molecule has 2 N–H and O–H groups in total. The quantitative estimate of drug-likeness (QED) is 0.815. The van der Waals surface area contributed by atoms with Crippen LogP contribution in [0.5, 0.6) is 0 Å². The highest BCUT2D eigenvalue weighted by molar-refractivity contribution is 6.36. The largest absolute Gasteiger partial charge is 0.342 e. The number of carbonyl (C=O) groups excluding carboxylic acids is 2. The van der Waals surface area contributed by atoms with Gasteiger partial charge in [0.1, 0.15) is 5.92 Å². The van der Waals surface area contributed by atoms with Crippen LogP contribution >= 0.6 is 23.2 Å². The van der Waals surface area contributed by atoms with Gasteiger partial charge in [0.05, 0.1) is 10.7 Å². The number of hydrogen-bond acceptors (Lipinski definition) is 3. The first-order valence-electron chi connectivity index (χ1n) is 8.69. The molecule has 2 heterocycles. The van der Waals surface area contributed by atoms with Crippen LogP contribution in [0.2, 0.25) is 10.0 Å². The van der Waals surface area contributed by atoms with E-state index < -0.39 is 5.92 Å². The van der Waals surface area contributed by atoms with E-state index in [1.807, 2.05) is 11.8 Å². The molecule has 0 unspecified atom stereocenters. The second kappa shape index (κ2) is 7.52. The number of benzene rings is 1. The number of carbonyl (C=O) groups is 2. The van der Waals surface area contributed by atoms with Crippen molar-refractivity contribution in [2.75, 3.05) is 24.5 Å². The molecule has 1 aromatic rings. The first-order valence-corrected chi connectivity index (χ1v) is 9.45. The summed E-state index contributed by atoms with van der Waals surface area (Å²) < 4.78 is 0. The van der Waals surface area contributed by atoms with Crippen molar-refractivity contribution in [3.05, 3.63) is 28.2 Å². The minimum atomic E-state index is -0.637. The van der Waals surface area contributed by atoms with Gasteiger partial charge in [-0.3, -0.25) is 9.59 Å². The van der Waals surface area contributed by atoms with E-state index in [-0.39, 0.29) is 17.9 Å². The molecular weight excluding hydrogens is 361 g/mol. The molecule has 0 aromatic heterocycles. The third kappa shape index (κ3) is 3.78. The topological polar surface area (TPSA) is 66.6 Å². The minimum Gasteiger partial charge on any atom is -0.342 e. The fourth-order valence-corrected chi connectivity index (χ4v) is 4.09. The van der Waals surface area contributed by atoms with Crippen molar-refractivity contribution < 1.29 is 9.59 Å². The first kappa shape index (κ1) is 18.5. The number of nitrogens with two attached hydrogens (primary N) is 1. The number of hydrogen-bond donors (Lipinski definition) is 1. The fraction of sp³-hybridized carbons (Fsp3) is 0.556. The number of likely N-dealkylation sites (tertiary alicyclic amines) is 1. The van der Waals surface area contributed by atoms with Crippen molar-refractivity contribution in [2.45, 2.75) is 32.2 Å². The van der Waals surface area contributed by atoms with E-state index in [1.54, 1.807) is 23.1 Å². The fourth-order valence-electron chi connectivity index (χ4n) is 3.70. The summed E-state index contributed by atoms with van der Waals surface area (Å²) in [6, 6.07) is 5.07. The van der Waals surface area contributed by atoms with E-state index in [9.17, 15) is 9.59 Å². The van der Waals surface area contributed by atoms with Gasteiger partial charge in [0.25, 0.3) is 0 Å². The lowest BCUT2D eigenvalue weighted by atomic mass is 9.91. The van der Waals surface area contributed by atoms with Crippen LogP contribution < -0.4 is 10.6 Å². The summed E-state index contributed by atoms with van der Waals surface area (Å²) in [4.78, 5) is 29.1. The van der Waals surface area contributed by atoms with Crippen LogP contribution in [0.15, 0.2) is 18.2 Å². The summed E-state index contributed by atoms with van der Waals surface area (Å²) in [6.45, 7) is 3.78. The lowest BCUT2D eigenvalue weighted by Crippen LogP contribution is -2.48. The number of rotatable bonds is 3. The molecule has 7 heteroatoms. The van der Waals surface area contributed by atoms with Crippen LogP contribution in [0.4, 0.5) is 5.69 Å². The molecule has 2 aliphatic rings. The molecule has 0 spiro atoms. The number of nitrogens with zero attached hydrogens (tertiary/aromatic N) is 2. The van der Waals surface area contributed by atoms with Crippen molar-refractivity contribution >= 4 is 40.7 Å². The van der Waals surface area contributed by atoms with Crippen LogP contribution in [0.1, 0.15) is 26.2 Å². The normalized spacial score (nSPS) is 25.4. The number of halogens is 2. The highest BCUT2D eigenvalue weighted by Gasteiger charge is 2.41. The Balaban J connectivity index is 1.73. The summed E-state index contributed by atoms with van der Waals surface area (Å²) in [5, 5.41) is 0.971. The molecule has 2 aliphatic heterocycles. The number of piperidine rings is 1. The van der Waals surface area contributed by atoms with Gasteiger partial charge in [0.15, 0.2) is 0 Å². The Morgan fingerprint density at radius 2 is 2.04 bits per heavy atom. The summed E-state index contributed by atoms with van der Waals surface area (Å²) in [5.74, 6) is -0.623. The van der Waals surface area contributed by atoms with Crippen LogP contribution in [0.25, 0.3) is 0 Å². The van der Waals surface area contributed by atoms with Gasteiger partial charge >= 0.3 is 0 Å². The second-order valence-electron chi connectivity index (χ2n) is 6.97. The average molecular weight is 384 g/mol. The molecule has 2 amide bonds. The molecule has 0 aliphatic carbocycles. The van der Waals surface area contributed by atoms with Crippen LogP contribution in [0.3, 0.4) is 0 Å². The molecule has 0 saturated carbocycles. The van der Waals surface area contributed by atoms with E-state index in [0.29, 0.717) is 47.7 Å². The molecule has 2 fully saturated rings. The van der Waals surface area contributed by atoms with Crippen LogP contribution in [-0.2, 0) is 9.59 Å². The highest BCUT2D eigenvalue weighted by atomic mass is 35.5. The van der Waals surface area contributed by atoms with Gasteiger partial charge in [-0.25, -0.2) is 0 Å². The van der Waals surface area contributed by atoms with Crippen molar-refractivity contribution in [3.8, 4) is 0 Å². The van der Waals surface area contributed by atoms with Crippen molar-refractivity contribution in [1.82, 2.24) is 4.90 Å². The second-order valence-corrected chi connectivity index (χ2v) is 7.82. The SMILES string of the molecule is C[C@H](N)[C@H]1CCCN(C(=O)[C@@H]2CCN(c3cc(Cl)ccc3Cl)C2=O)C1. The van der Waals surface area contributed by atoms with E-state index in [0.717, 1.165) is 12.8 Å². The zero-order valence-corrected chi connectivity index (χ0v) is 15.8. The van der Waals surface area contributed by atoms with Gasteiger partial charge < -0.3 is 15.5 Å². The molecule has 136 valence electrons. The van der Waals surface area contributed by atoms with Gasteiger partial charge in [-0.05, 0) is 50.3 Å². The lowest BCUT2D eigenvalue weighted by Gasteiger charge is -2.35. The number of anilines is 1. The highest BCUT2D eigenvalue weighted by Crippen LogP contribution is 2.34. The number of amides is 2. The predicted molar refractivity (Wildman–Crippen MR) is 99.9 cm³/mol. The molecule has 3 atom stereocenters. The van der Waals surface area contributed by atoms with Crippen LogP contribution in [-0.4, -0.2) is 42.4 Å². The van der Waals surface area contributed by atoms with E-state index in [2.05, 4.69) is 0 Å². The summed E-state index contributed by atoms with van der Waals surface area (Å²) in [5.41, 5.74) is 6.57. The predicted octanol–water partition coefficient (Wildman–Crippen LogP) is 2.93. The van der Waals surface area contributed by atoms with Crippen LogP contribution in [0, 0.1) is 11.8 Å². The van der Waals surface area contributed by atoms with Crippen molar-refractivity contribution in [3.63, 3.8) is 0 Å².